The van der Waals surface area contributed by atoms with E-state index in [4.69, 9.17) is 16.3 Å². The molecule has 0 atom stereocenters. The molecular weight excluding hydrogens is 420 g/mol. The topological polar surface area (TPSA) is 67.4 Å². The maximum atomic E-state index is 12.4. The molecule has 1 aliphatic rings. The summed E-state index contributed by atoms with van der Waals surface area (Å²) in [6, 6.07) is 10.7. The van der Waals surface area contributed by atoms with Crippen molar-refractivity contribution in [1.29, 1.82) is 0 Å². The van der Waals surface area contributed by atoms with Gasteiger partial charge in [0.05, 0.1) is 5.56 Å². The number of benzene rings is 2. The average molecular weight is 438 g/mol. The predicted molar refractivity (Wildman–Crippen MR) is 105 cm³/mol. The van der Waals surface area contributed by atoms with E-state index in [1.165, 1.54) is 0 Å². The van der Waals surface area contributed by atoms with E-state index in [0.717, 1.165) is 22.9 Å². The van der Waals surface area contributed by atoms with Crippen molar-refractivity contribution < 1.29 is 14.3 Å². The number of anilines is 1. The lowest BCUT2D eigenvalue weighted by atomic mass is 10.2. The number of hydrogen-bond acceptors (Lipinski definition) is 3. The number of ether oxygens (including phenoxy) is 1. The van der Waals surface area contributed by atoms with E-state index in [0.29, 0.717) is 22.0 Å². The third kappa shape index (κ3) is 4.77. The van der Waals surface area contributed by atoms with Crippen molar-refractivity contribution in [2.75, 3.05) is 11.9 Å². The van der Waals surface area contributed by atoms with Gasteiger partial charge in [-0.15, -0.1) is 0 Å². The van der Waals surface area contributed by atoms with Crippen molar-refractivity contribution in [1.82, 2.24) is 5.32 Å². The van der Waals surface area contributed by atoms with E-state index in [1.54, 1.807) is 36.4 Å². The SMILES string of the molecule is Cc1c(Cl)cccc1NC(=O)COc1ccc(Br)cc1C(=O)NC1CC1. The first kappa shape index (κ1) is 18.7. The van der Waals surface area contributed by atoms with Gasteiger partial charge in [-0.05, 0) is 55.7 Å². The molecule has 2 N–H and O–H groups in total. The Morgan fingerprint density at radius 2 is 2.04 bits per heavy atom. The van der Waals surface area contributed by atoms with Crippen LogP contribution in [0.1, 0.15) is 28.8 Å². The van der Waals surface area contributed by atoms with Crippen LogP contribution < -0.4 is 15.4 Å². The quantitative estimate of drug-likeness (QED) is 0.707. The number of halogens is 2. The number of nitrogens with one attached hydrogen (secondary N) is 2. The zero-order valence-electron chi connectivity index (χ0n) is 14.1. The lowest BCUT2D eigenvalue weighted by Gasteiger charge is -2.13. The zero-order chi connectivity index (χ0) is 18.7. The fourth-order valence-electron chi connectivity index (χ4n) is 2.37. The molecule has 3 rings (SSSR count). The van der Waals surface area contributed by atoms with Crippen LogP contribution in [0.4, 0.5) is 5.69 Å². The highest BCUT2D eigenvalue weighted by atomic mass is 79.9. The minimum absolute atomic E-state index is 0.199. The Labute approximate surface area is 165 Å². The molecule has 0 saturated heterocycles. The molecule has 0 bridgehead atoms. The molecule has 0 heterocycles. The smallest absolute Gasteiger partial charge is 0.262 e. The number of carbonyl (C=O) groups is 2. The molecule has 1 fully saturated rings. The van der Waals surface area contributed by atoms with Gasteiger partial charge >= 0.3 is 0 Å². The largest absolute Gasteiger partial charge is 0.483 e. The van der Waals surface area contributed by atoms with E-state index >= 15 is 0 Å². The Hall–Kier alpha value is -2.05. The van der Waals surface area contributed by atoms with Crippen molar-refractivity contribution >= 4 is 45.0 Å². The van der Waals surface area contributed by atoms with E-state index in [9.17, 15) is 9.59 Å². The summed E-state index contributed by atoms with van der Waals surface area (Å²) >= 11 is 9.41. The van der Waals surface area contributed by atoms with Crippen molar-refractivity contribution in [2.45, 2.75) is 25.8 Å². The molecule has 2 amide bonds. The van der Waals surface area contributed by atoms with Crippen LogP contribution >= 0.6 is 27.5 Å². The van der Waals surface area contributed by atoms with Crippen LogP contribution in [0.25, 0.3) is 0 Å². The van der Waals surface area contributed by atoms with Gasteiger partial charge in [-0.2, -0.15) is 0 Å². The van der Waals surface area contributed by atoms with Gasteiger partial charge in [-0.1, -0.05) is 33.6 Å². The second-order valence-electron chi connectivity index (χ2n) is 6.14. The molecule has 0 spiro atoms. The van der Waals surface area contributed by atoms with Crippen LogP contribution in [0.3, 0.4) is 0 Å². The van der Waals surface area contributed by atoms with E-state index in [-0.39, 0.29) is 24.5 Å². The average Bonchev–Trinajstić information content (AvgIpc) is 3.42. The summed E-state index contributed by atoms with van der Waals surface area (Å²) in [7, 11) is 0. The van der Waals surface area contributed by atoms with Gasteiger partial charge in [-0.25, -0.2) is 0 Å². The molecule has 5 nitrogen and oxygen atoms in total. The molecule has 0 aromatic heterocycles. The third-order valence-corrected chi connectivity index (χ3v) is 4.90. The lowest BCUT2D eigenvalue weighted by Crippen LogP contribution is -2.27. The van der Waals surface area contributed by atoms with Gasteiger partial charge in [0, 0.05) is 21.2 Å². The Morgan fingerprint density at radius 1 is 1.27 bits per heavy atom. The Balaban J connectivity index is 1.66. The highest BCUT2D eigenvalue weighted by molar-refractivity contribution is 9.10. The highest BCUT2D eigenvalue weighted by Crippen LogP contribution is 2.26. The summed E-state index contributed by atoms with van der Waals surface area (Å²) in [6.07, 6.45) is 1.99. The standard InChI is InChI=1S/C19H18BrClN2O3/c1-11-15(21)3-2-4-16(11)23-18(24)10-26-17-8-5-12(20)9-14(17)19(25)22-13-6-7-13/h2-5,8-9,13H,6-7,10H2,1H3,(H,22,25)(H,23,24). The van der Waals surface area contributed by atoms with Crippen LogP contribution in [-0.2, 0) is 4.79 Å². The molecule has 2 aromatic rings. The van der Waals surface area contributed by atoms with Gasteiger partial charge in [-0.3, -0.25) is 9.59 Å². The van der Waals surface area contributed by atoms with Crippen molar-refractivity contribution in [3.8, 4) is 5.75 Å². The van der Waals surface area contributed by atoms with Gasteiger partial charge in [0.25, 0.3) is 11.8 Å². The van der Waals surface area contributed by atoms with Crippen molar-refractivity contribution in [3.05, 3.63) is 57.0 Å². The third-order valence-electron chi connectivity index (χ3n) is 4.00. The predicted octanol–water partition coefficient (Wildman–Crippen LogP) is 4.32. The Morgan fingerprint density at radius 3 is 2.77 bits per heavy atom. The Kier molecular flexibility index (Phi) is 5.84. The number of amides is 2. The number of rotatable bonds is 6. The second-order valence-corrected chi connectivity index (χ2v) is 7.46. The van der Waals surface area contributed by atoms with E-state index in [1.807, 2.05) is 6.92 Å². The molecule has 1 aliphatic carbocycles. The fraction of sp³-hybridized carbons (Fsp3) is 0.263. The van der Waals surface area contributed by atoms with Gasteiger partial charge in [0.15, 0.2) is 6.61 Å². The number of carbonyl (C=O) groups excluding carboxylic acids is 2. The van der Waals surface area contributed by atoms with Gasteiger partial charge in [0.1, 0.15) is 5.75 Å². The summed E-state index contributed by atoms with van der Waals surface area (Å²) in [4.78, 5) is 24.6. The summed E-state index contributed by atoms with van der Waals surface area (Å²) in [5.74, 6) is -0.161. The first-order valence-electron chi connectivity index (χ1n) is 8.22. The molecule has 0 unspecified atom stereocenters. The van der Waals surface area contributed by atoms with Crippen LogP contribution in [0.15, 0.2) is 40.9 Å². The Bertz CT molecular complexity index is 853. The molecule has 136 valence electrons. The maximum absolute atomic E-state index is 12.4. The zero-order valence-corrected chi connectivity index (χ0v) is 16.5. The highest BCUT2D eigenvalue weighted by Gasteiger charge is 2.25. The van der Waals surface area contributed by atoms with E-state index in [2.05, 4.69) is 26.6 Å². The first-order valence-corrected chi connectivity index (χ1v) is 9.39. The minimum Gasteiger partial charge on any atom is -0.483 e. The second kappa shape index (κ2) is 8.10. The molecule has 7 heteroatoms. The maximum Gasteiger partial charge on any atom is 0.262 e. The molecule has 0 radical (unpaired) electrons. The van der Waals surface area contributed by atoms with Crippen LogP contribution in [0.2, 0.25) is 5.02 Å². The normalized spacial score (nSPS) is 13.2. The van der Waals surface area contributed by atoms with Crippen molar-refractivity contribution in [3.63, 3.8) is 0 Å². The summed E-state index contributed by atoms with van der Waals surface area (Å²) < 4.78 is 6.36. The summed E-state index contributed by atoms with van der Waals surface area (Å²) in [5.41, 5.74) is 1.82. The monoisotopic (exact) mass is 436 g/mol. The molecule has 0 aliphatic heterocycles. The van der Waals surface area contributed by atoms with Crippen LogP contribution in [0, 0.1) is 6.92 Å². The summed E-state index contributed by atoms with van der Waals surface area (Å²) in [5, 5.41) is 6.27. The molecule has 1 saturated carbocycles. The molecular formula is C19H18BrClN2O3. The molecule has 26 heavy (non-hydrogen) atoms. The van der Waals surface area contributed by atoms with Crippen molar-refractivity contribution in [2.24, 2.45) is 0 Å². The summed E-state index contributed by atoms with van der Waals surface area (Å²) in [6.45, 7) is 1.62. The van der Waals surface area contributed by atoms with Gasteiger partial charge in [0.2, 0.25) is 0 Å². The van der Waals surface area contributed by atoms with Crippen LogP contribution in [-0.4, -0.2) is 24.5 Å². The lowest BCUT2D eigenvalue weighted by molar-refractivity contribution is -0.118. The van der Waals surface area contributed by atoms with Gasteiger partial charge < -0.3 is 15.4 Å². The van der Waals surface area contributed by atoms with Crippen LogP contribution in [0.5, 0.6) is 5.75 Å². The fourth-order valence-corrected chi connectivity index (χ4v) is 2.90. The minimum atomic E-state index is -0.327. The molecule has 2 aromatic carbocycles. The number of hydrogen-bond donors (Lipinski definition) is 2. The first-order chi connectivity index (χ1) is 12.4. The van der Waals surface area contributed by atoms with E-state index < -0.39 is 0 Å².